The second-order valence-electron chi connectivity index (χ2n) is 4.04. The van der Waals surface area contributed by atoms with Crippen molar-refractivity contribution in [3.63, 3.8) is 0 Å². The Bertz CT molecular complexity index is 404. The predicted octanol–water partition coefficient (Wildman–Crippen LogP) is 3.57. The van der Waals surface area contributed by atoms with Crippen molar-refractivity contribution in [2.24, 2.45) is 0 Å². The maximum absolute atomic E-state index is 10.9. The molecular weight excluding hydrogens is 284 g/mol. The highest BCUT2D eigenvalue weighted by molar-refractivity contribution is 5.68. The molecule has 22 heavy (non-hydrogen) atoms. The number of hydrogen-bond acceptors (Lipinski definition) is 5. The summed E-state index contributed by atoms with van der Waals surface area (Å²) in [4.78, 5) is 18.9. The summed E-state index contributed by atoms with van der Waals surface area (Å²) in [6.45, 7) is 8.57. The predicted molar refractivity (Wildman–Crippen MR) is 87.6 cm³/mol. The molecule has 5 nitrogen and oxygen atoms in total. The topological polar surface area (TPSA) is 61.8 Å². The van der Waals surface area contributed by atoms with Gasteiger partial charge < -0.3 is 19.0 Å². The summed E-state index contributed by atoms with van der Waals surface area (Å²) in [7, 11) is 3.02. The largest absolute Gasteiger partial charge is 0.493 e. The Kier molecular flexibility index (Phi) is 15.5. The van der Waals surface area contributed by atoms with E-state index < -0.39 is 0 Å². The van der Waals surface area contributed by atoms with Gasteiger partial charge in [-0.25, -0.2) is 0 Å². The molecule has 0 aliphatic carbocycles. The third kappa shape index (κ3) is 9.80. The Labute approximate surface area is 133 Å². The highest BCUT2D eigenvalue weighted by Crippen LogP contribution is 2.27. The maximum Gasteiger partial charge on any atom is 0.305 e. The van der Waals surface area contributed by atoms with Gasteiger partial charge in [0.15, 0.2) is 11.5 Å². The van der Waals surface area contributed by atoms with Crippen molar-refractivity contribution >= 4 is 12.8 Å². The van der Waals surface area contributed by atoms with E-state index in [1.165, 1.54) is 7.11 Å². The molecular formula is C17H28O5. The minimum Gasteiger partial charge on any atom is -0.493 e. The zero-order chi connectivity index (χ0) is 17.4. The lowest BCUT2D eigenvalue weighted by atomic mass is 10.2. The van der Waals surface area contributed by atoms with Crippen LogP contribution in [0.4, 0.5) is 0 Å². The molecule has 0 aliphatic heterocycles. The van der Waals surface area contributed by atoms with Crippen molar-refractivity contribution in [2.45, 2.75) is 40.0 Å². The highest BCUT2D eigenvalue weighted by Gasteiger charge is 2.04. The second kappa shape index (κ2) is 15.4. The fourth-order valence-electron chi connectivity index (χ4n) is 1.55. The maximum atomic E-state index is 10.9. The van der Waals surface area contributed by atoms with Crippen molar-refractivity contribution in [1.82, 2.24) is 0 Å². The second-order valence-corrected chi connectivity index (χ2v) is 4.04. The zero-order valence-corrected chi connectivity index (χ0v) is 14.3. The van der Waals surface area contributed by atoms with E-state index in [1.54, 1.807) is 7.11 Å². The van der Waals surface area contributed by atoms with Gasteiger partial charge in [-0.05, 0) is 37.5 Å². The lowest BCUT2D eigenvalue weighted by molar-refractivity contribution is -0.140. The Morgan fingerprint density at radius 2 is 1.73 bits per heavy atom. The average Bonchev–Trinajstić information content (AvgIpc) is 2.58. The van der Waals surface area contributed by atoms with Gasteiger partial charge in [0.25, 0.3) is 0 Å². The van der Waals surface area contributed by atoms with Gasteiger partial charge in [0.05, 0.1) is 20.8 Å². The van der Waals surface area contributed by atoms with Gasteiger partial charge in [-0.3, -0.25) is 4.79 Å². The third-order valence-corrected chi connectivity index (χ3v) is 2.58. The number of carbonyl (C=O) groups is 2. The minimum atomic E-state index is -0.178. The van der Waals surface area contributed by atoms with E-state index in [9.17, 15) is 4.79 Å². The van der Waals surface area contributed by atoms with Crippen LogP contribution in [-0.2, 0) is 14.3 Å². The molecule has 0 saturated carbocycles. The molecule has 0 bridgehead atoms. The highest BCUT2D eigenvalue weighted by atomic mass is 16.5. The average molecular weight is 312 g/mol. The van der Waals surface area contributed by atoms with E-state index in [1.807, 2.05) is 45.8 Å². The van der Waals surface area contributed by atoms with Gasteiger partial charge in [-0.2, -0.15) is 0 Å². The molecule has 0 N–H and O–H groups in total. The molecule has 0 unspecified atom stereocenters. The van der Waals surface area contributed by atoms with E-state index in [0.717, 1.165) is 29.9 Å². The Hall–Kier alpha value is -2.04. The molecule has 0 saturated heterocycles. The summed E-state index contributed by atoms with van der Waals surface area (Å²) < 4.78 is 15.4. The van der Waals surface area contributed by atoms with E-state index >= 15 is 0 Å². The number of rotatable bonds is 7. The van der Waals surface area contributed by atoms with Crippen LogP contribution in [0, 0.1) is 6.92 Å². The van der Waals surface area contributed by atoms with Crippen molar-refractivity contribution in [3.05, 3.63) is 23.8 Å². The van der Waals surface area contributed by atoms with Crippen molar-refractivity contribution < 1.29 is 23.8 Å². The van der Waals surface area contributed by atoms with E-state index in [2.05, 4.69) is 4.74 Å². The van der Waals surface area contributed by atoms with Crippen LogP contribution in [0.2, 0.25) is 0 Å². The smallest absolute Gasteiger partial charge is 0.305 e. The molecule has 1 aromatic rings. The van der Waals surface area contributed by atoms with Crippen LogP contribution in [0.25, 0.3) is 0 Å². The fourth-order valence-corrected chi connectivity index (χ4v) is 1.55. The molecule has 0 fully saturated rings. The van der Waals surface area contributed by atoms with E-state index in [0.29, 0.717) is 13.0 Å². The van der Waals surface area contributed by atoms with E-state index in [-0.39, 0.29) is 5.97 Å². The molecule has 0 heterocycles. The Morgan fingerprint density at radius 3 is 2.27 bits per heavy atom. The van der Waals surface area contributed by atoms with Crippen LogP contribution in [0.5, 0.6) is 11.5 Å². The van der Waals surface area contributed by atoms with Crippen LogP contribution in [0.15, 0.2) is 18.2 Å². The summed E-state index contributed by atoms with van der Waals surface area (Å²) >= 11 is 0. The van der Waals surface area contributed by atoms with Gasteiger partial charge in [0.1, 0.15) is 6.79 Å². The van der Waals surface area contributed by atoms with Crippen LogP contribution in [-0.4, -0.2) is 33.6 Å². The lowest BCUT2D eigenvalue weighted by Crippen LogP contribution is -2.03. The van der Waals surface area contributed by atoms with Crippen LogP contribution in [0.3, 0.4) is 0 Å². The van der Waals surface area contributed by atoms with Gasteiger partial charge in [0, 0.05) is 6.42 Å². The number of esters is 1. The Balaban J connectivity index is 0. The first kappa shape index (κ1) is 22.2. The summed E-state index contributed by atoms with van der Waals surface area (Å²) in [5, 5.41) is 0. The molecule has 0 spiro atoms. The van der Waals surface area contributed by atoms with E-state index in [4.69, 9.17) is 14.3 Å². The van der Waals surface area contributed by atoms with Gasteiger partial charge in [0.2, 0.25) is 0 Å². The zero-order valence-electron chi connectivity index (χ0n) is 14.3. The molecule has 1 aromatic carbocycles. The number of benzene rings is 1. The van der Waals surface area contributed by atoms with Crippen molar-refractivity contribution in [1.29, 1.82) is 0 Å². The molecule has 0 amide bonds. The third-order valence-electron chi connectivity index (χ3n) is 2.58. The molecule has 5 heteroatoms. The van der Waals surface area contributed by atoms with Crippen LogP contribution >= 0.6 is 0 Å². The van der Waals surface area contributed by atoms with Crippen LogP contribution < -0.4 is 9.47 Å². The Morgan fingerprint density at radius 1 is 1.09 bits per heavy atom. The number of methoxy groups -OCH3 is 2. The van der Waals surface area contributed by atoms with Gasteiger partial charge in [-0.15, -0.1) is 0 Å². The number of hydrogen-bond donors (Lipinski definition) is 0. The standard InChI is InChI=1S/C14H20O4.C2H6.CH2O/c1-11-7-8-12(13(10-11)16-2)18-9-5-4-6-14(15)17-3;2*1-2/h7-8,10H,4-6,9H2,1-3H3;1-2H3;1H2. The lowest BCUT2D eigenvalue weighted by Gasteiger charge is -2.11. The summed E-state index contributed by atoms with van der Waals surface area (Å²) in [6, 6.07) is 5.81. The quantitative estimate of drug-likeness (QED) is 0.569. The number of unbranched alkanes of at least 4 members (excludes halogenated alkanes) is 1. The monoisotopic (exact) mass is 312 g/mol. The van der Waals surface area contributed by atoms with Crippen molar-refractivity contribution in [2.75, 3.05) is 20.8 Å². The SMILES string of the molecule is C=O.CC.COC(=O)CCCCOc1ccc(C)cc1OC. The van der Waals surface area contributed by atoms with Crippen molar-refractivity contribution in [3.8, 4) is 11.5 Å². The first-order chi connectivity index (χ1) is 10.7. The summed E-state index contributed by atoms with van der Waals surface area (Å²) in [6.07, 6.45) is 2.01. The summed E-state index contributed by atoms with van der Waals surface area (Å²) in [5.41, 5.74) is 1.13. The number of aryl methyl sites for hydroxylation is 1. The molecule has 0 radical (unpaired) electrons. The van der Waals surface area contributed by atoms with Crippen LogP contribution in [0.1, 0.15) is 38.7 Å². The van der Waals surface area contributed by atoms with Gasteiger partial charge in [-0.1, -0.05) is 19.9 Å². The normalized spacial score (nSPS) is 8.59. The molecule has 126 valence electrons. The molecule has 1 rings (SSSR count). The minimum absolute atomic E-state index is 0.178. The van der Waals surface area contributed by atoms with Gasteiger partial charge >= 0.3 is 5.97 Å². The number of ether oxygens (including phenoxy) is 3. The molecule has 0 aliphatic rings. The first-order valence-corrected chi connectivity index (χ1v) is 7.30. The first-order valence-electron chi connectivity index (χ1n) is 7.30. The summed E-state index contributed by atoms with van der Waals surface area (Å²) in [5.74, 6) is 1.30. The fraction of sp³-hybridized carbons (Fsp3) is 0.529. The number of carbonyl (C=O) groups excluding carboxylic acids is 2. The molecule has 0 aromatic heterocycles. The molecule has 0 atom stereocenters.